The highest BCUT2D eigenvalue weighted by Gasteiger charge is 2.23. The fourth-order valence-electron chi connectivity index (χ4n) is 2.11. The van der Waals surface area contributed by atoms with Crippen LogP contribution in [0.25, 0.3) is 0 Å². The Labute approximate surface area is 113 Å². The number of anilines is 1. The van der Waals surface area contributed by atoms with Crippen LogP contribution in [0, 0.1) is 0 Å². The van der Waals surface area contributed by atoms with E-state index in [1.165, 1.54) is 0 Å². The van der Waals surface area contributed by atoms with Crippen molar-refractivity contribution in [2.75, 3.05) is 5.32 Å². The Morgan fingerprint density at radius 2 is 1.53 bits per heavy atom. The van der Waals surface area contributed by atoms with E-state index in [4.69, 9.17) is 5.73 Å². The monoisotopic (exact) mass is 254 g/mol. The fraction of sp³-hybridized carbons (Fsp3) is 0.188. The van der Waals surface area contributed by atoms with Gasteiger partial charge in [-0.1, -0.05) is 55.5 Å². The summed E-state index contributed by atoms with van der Waals surface area (Å²) in [6.07, 6.45) is 0. The standard InChI is InChI=1S/C16H18N2O/c1-12(13-8-4-2-5-9-13)15(16(17)19)18-14-10-6-3-7-11-14/h2-12,15,18H,1H3,(H2,17,19)/t12-,15-/m0/s1. The van der Waals surface area contributed by atoms with E-state index in [0.717, 1.165) is 11.3 Å². The first-order chi connectivity index (χ1) is 9.18. The van der Waals surface area contributed by atoms with Crippen LogP contribution in [0.4, 0.5) is 5.69 Å². The number of nitrogens with two attached hydrogens (primary N) is 1. The van der Waals surface area contributed by atoms with E-state index in [0.29, 0.717) is 0 Å². The summed E-state index contributed by atoms with van der Waals surface area (Å²) in [5.41, 5.74) is 7.51. The molecular formula is C16H18N2O. The first kappa shape index (κ1) is 13.1. The second-order valence-corrected chi connectivity index (χ2v) is 4.59. The van der Waals surface area contributed by atoms with Crippen molar-refractivity contribution in [1.29, 1.82) is 0 Å². The molecule has 0 unspecified atom stereocenters. The molecule has 1 amide bonds. The van der Waals surface area contributed by atoms with Gasteiger partial charge in [0.2, 0.25) is 5.91 Å². The highest BCUT2D eigenvalue weighted by atomic mass is 16.1. The van der Waals surface area contributed by atoms with Gasteiger partial charge >= 0.3 is 0 Å². The van der Waals surface area contributed by atoms with Gasteiger partial charge in [0.25, 0.3) is 0 Å². The summed E-state index contributed by atoms with van der Waals surface area (Å²) in [5.74, 6) is -0.334. The van der Waals surface area contributed by atoms with E-state index in [9.17, 15) is 4.79 Å². The molecule has 3 heteroatoms. The molecule has 0 radical (unpaired) electrons. The van der Waals surface area contributed by atoms with Gasteiger partial charge in [0.15, 0.2) is 0 Å². The molecule has 0 fully saturated rings. The van der Waals surface area contributed by atoms with E-state index in [1.807, 2.05) is 67.6 Å². The topological polar surface area (TPSA) is 55.1 Å². The van der Waals surface area contributed by atoms with Gasteiger partial charge < -0.3 is 11.1 Å². The third kappa shape index (κ3) is 3.35. The number of carbonyl (C=O) groups is 1. The molecule has 0 aliphatic rings. The lowest BCUT2D eigenvalue weighted by atomic mass is 9.92. The number of amides is 1. The average Bonchev–Trinajstić information content (AvgIpc) is 2.46. The second kappa shape index (κ2) is 6.05. The number of carbonyl (C=O) groups excluding carboxylic acids is 1. The number of nitrogens with one attached hydrogen (secondary N) is 1. The highest BCUT2D eigenvalue weighted by molar-refractivity contribution is 5.84. The smallest absolute Gasteiger partial charge is 0.240 e. The minimum absolute atomic E-state index is 0.0129. The van der Waals surface area contributed by atoms with Crippen LogP contribution < -0.4 is 11.1 Å². The molecule has 0 aromatic heterocycles. The maximum Gasteiger partial charge on any atom is 0.240 e. The van der Waals surface area contributed by atoms with E-state index in [2.05, 4.69) is 5.32 Å². The molecular weight excluding hydrogens is 236 g/mol. The van der Waals surface area contributed by atoms with Gasteiger partial charge in [-0.2, -0.15) is 0 Å². The van der Waals surface area contributed by atoms with Crippen molar-refractivity contribution in [3.8, 4) is 0 Å². The van der Waals surface area contributed by atoms with Crippen molar-refractivity contribution in [2.24, 2.45) is 5.73 Å². The number of hydrogen-bond acceptors (Lipinski definition) is 2. The lowest BCUT2D eigenvalue weighted by Crippen LogP contribution is -2.39. The molecule has 0 aliphatic heterocycles. The largest absolute Gasteiger partial charge is 0.373 e. The van der Waals surface area contributed by atoms with Gasteiger partial charge in [-0.15, -0.1) is 0 Å². The van der Waals surface area contributed by atoms with Crippen LogP contribution in [0.3, 0.4) is 0 Å². The maximum atomic E-state index is 11.7. The lowest BCUT2D eigenvalue weighted by molar-refractivity contribution is -0.119. The molecule has 2 atom stereocenters. The molecule has 0 heterocycles. The molecule has 19 heavy (non-hydrogen) atoms. The Hall–Kier alpha value is -2.29. The van der Waals surface area contributed by atoms with Crippen molar-refractivity contribution in [2.45, 2.75) is 18.9 Å². The van der Waals surface area contributed by atoms with Crippen molar-refractivity contribution in [3.05, 3.63) is 66.2 Å². The van der Waals surface area contributed by atoms with E-state index in [1.54, 1.807) is 0 Å². The summed E-state index contributed by atoms with van der Waals surface area (Å²) in [6.45, 7) is 2.00. The van der Waals surface area contributed by atoms with Gasteiger partial charge in [-0.25, -0.2) is 0 Å². The molecule has 3 nitrogen and oxygen atoms in total. The first-order valence-electron chi connectivity index (χ1n) is 6.34. The summed E-state index contributed by atoms with van der Waals surface area (Å²) in [7, 11) is 0. The van der Waals surface area contributed by atoms with Crippen LogP contribution in [0.2, 0.25) is 0 Å². The molecule has 0 saturated carbocycles. The van der Waals surface area contributed by atoms with Crippen LogP contribution in [-0.4, -0.2) is 11.9 Å². The van der Waals surface area contributed by atoms with E-state index < -0.39 is 6.04 Å². The van der Waals surface area contributed by atoms with E-state index >= 15 is 0 Å². The third-order valence-corrected chi connectivity index (χ3v) is 3.23. The van der Waals surface area contributed by atoms with Gasteiger partial charge in [0, 0.05) is 11.6 Å². The van der Waals surface area contributed by atoms with Crippen LogP contribution in [-0.2, 0) is 4.79 Å². The second-order valence-electron chi connectivity index (χ2n) is 4.59. The number of rotatable bonds is 5. The average molecular weight is 254 g/mol. The molecule has 3 N–H and O–H groups in total. The Bertz CT molecular complexity index is 525. The van der Waals surface area contributed by atoms with Gasteiger partial charge in [-0.3, -0.25) is 4.79 Å². The molecule has 0 saturated heterocycles. The Morgan fingerprint density at radius 1 is 1.00 bits per heavy atom. The minimum Gasteiger partial charge on any atom is -0.373 e. The van der Waals surface area contributed by atoms with Gasteiger partial charge in [0.1, 0.15) is 6.04 Å². The molecule has 2 aromatic rings. The molecule has 0 spiro atoms. The molecule has 0 bridgehead atoms. The predicted octanol–water partition coefficient (Wildman–Crippen LogP) is 2.76. The molecule has 0 aliphatic carbocycles. The Balaban J connectivity index is 2.19. The summed E-state index contributed by atoms with van der Waals surface area (Å²) in [4.78, 5) is 11.7. The summed E-state index contributed by atoms with van der Waals surface area (Å²) < 4.78 is 0. The summed E-state index contributed by atoms with van der Waals surface area (Å²) in [5, 5.41) is 3.20. The Morgan fingerprint density at radius 3 is 2.05 bits per heavy atom. The maximum absolute atomic E-state index is 11.7. The highest BCUT2D eigenvalue weighted by Crippen LogP contribution is 2.22. The van der Waals surface area contributed by atoms with Crippen LogP contribution in [0.15, 0.2) is 60.7 Å². The van der Waals surface area contributed by atoms with Crippen molar-refractivity contribution in [3.63, 3.8) is 0 Å². The van der Waals surface area contributed by atoms with E-state index in [-0.39, 0.29) is 11.8 Å². The number of hydrogen-bond donors (Lipinski definition) is 2. The zero-order valence-corrected chi connectivity index (χ0v) is 10.9. The van der Waals surface area contributed by atoms with Gasteiger partial charge in [-0.05, 0) is 17.7 Å². The normalized spacial score (nSPS) is 13.5. The van der Waals surface area contributed by atoms with Gasteiger partial charge in [0.05, 0.1) is 0 Å². The number of primary amides is 1. The minimum atomic E-state index is -0.426. The van der Waals surface area contributed by atoms with Crippen LogP contribution in [0.1, 0.15) is 18.4 Å². The zero-order valence-electron chi connectivity index (χ0n) is 10.9. The van der Waals surface area contributed by atoms with Crippen molar-refractivity contribution < 1.29 is 4.79 Å². The zero-order chi connectivity index (χ0) is 13.7. The molecule has 2 rings (SSSR count). The molecule has 98 valence electrons. The summed E-state index contributed by atoms with van der Waals surface area (Å²) in [6, 6.07) is 19.1. The summed E-state index contributed by atoms with van der Waals surface area (Å²) >= 11 is 0. The Kier molecular flexibility index (Phi) is 4.18. The lowest BCUT2D eigenvalue weighted by Gasteiger charge is -2.23. The quantitative estimate of drug-likeness (QED) is 0.862. The third-order valence-electron chi connectivity index (χ3n) is 3.23. The van der Waals surface area contributed by atoms with Crippen molar-refractivity contribution >= 4 is 11.6 Å². The molecule has 2 aromatic carbocycles. The number of benzene rings is 2. The number of para-hydroxylation sites is 1. The fourth-order valence-corrected chi connectivity index (χ4v) is 2.11. The van der Waals surface area contributed by atoms with Crippen LogP contribution >= 0.6 is 0 Å². The predicted molar refractivity (Wildman–Crippen MR) is 77.9 cm³/mol. The van der Waals surface area contributed by atoms with Crippen molar-refractivity contribution in [1.82, 2.24) is 0 Å². The SMILES string of the molecule is C[C@@H](c1ccccc1)[C@H](Nc1ccccc1)C(N)=O. The first-order valence-corrected chi connectivity index (χ1v) is 6.34. The van der Waals surface area contributed by atoms with Crippen LogP contribution in [0.5, 0.6) is 0 Å².